The molecule has 0 heterocycles. The lowest BCUT2D eigenvalue weighted by Crippen LogP contribution is -2.25. The molecule has 1 unspecified atom stereocenters. The lowest BCUT2D eigenvalue weighted by Gasteiger charge is -2.23. The van der Waals surface area contributed by atoms with Crippen molar-refractivity contribution in [2.24, 2.45) is 5.92 Å². The number of hydrogen-bond donors (Lipinski definition) is 0. The molecular weight excluding hydrogens is 296 g/mol. The molecule has 1 aliphatic rings. The van der Waals surface area contributed by atoms with Gasteiger partial charge in [0, 0.05) is 0 Å². The summed E-state index contributed by atoms with van der Waals surface area (Å²) in [6.07, 6.45) is 21.6. The Morgan fingerprint density at radius 1 is 0.833 bits per heavy atom. The van der Waals surface area contributed by atoms with Crippen molar-refractivity contribution in [3.05, 3.63) is 0 Å². The number of unbranched alkanes of at least 4 members (excludes halogenated alkanes) is 9. The monoisotopic (exact) mass is 338 g/mol. The quantitative estimate of drug-likeness (QED) is 0.247. The minimum Gasteiger partial charge on any atom is -0.462 e. The van der Waals surface area contributed by atoms with Gasteiger partial charge in [-0.1, -0.05) is 90.9 Å². The summed E-state index contributed by atoms with van der Waals surface area (Å²) in [6, 6.07) is 0. The van der Waals surface area contributed by atoms with Crippen LogP contribution in [-0.4, -0.2) is 12.1 Å². The van der Waals surface area contributed by atoms with Crippen molar-refractivity contribution >= 4 is 5.97 Å². The van der Waals surface area contributed by atoms with Crippen LogP contribution in [0.15, 0.2) is 0 Å². The topological polar surface area (TPSA) is 26.3 Å². The molecular formula is C22H42O2. The number of rotatable bonds is 14. The SMILES string of the molecule is CCCCCCCCCCCCC(CC)OC(=O)C1CCCCC1. The lowest BCUT2D eigenvalue weighted by molar-refractivity contribution is -0.155. The van der Waals surface area contributed by atoms with Crippen molar-refractivity contribution in [1.82, 2.24) is 0 Å². The average molecular weight is 339 g/mol. The molecule has 0 amide bonds. The van der Waals surface area contributed by atoms with Gasteiger partial charge in [-0.05, 0) is 32.1 Å². The highest BCUT2D eigenvalue weighted by Crippen LogP contribution is 2.26. The summed E-state index contributed by atoms with van der Waals surface area (Å²) in [6.45, 7) is 4.42. The summed E-state index contributed by atoms with van der Waals surface area (Å²) in [5, 5.41) is 0. The zero-order chi connectivity index (χ0) is 17.5. The average Bonchev–Trinajstić information content (AvgIpc) is 2.62. The van der Waals surface area contributed by atoms with Gasteiger partial charge in [-0.2, -0.15) is 0 Å². The Morgan fingerprint density at radius 2 is 1.38 bits per heavy atom. The van der Waals surface area contributed by atoms with Gasteiger partial charge < -0.3 is 4.74 Å². The third-order valence-electron chi connectivity index (χ3n) is 5.56. The van der Waals surface area contributed by atoms with Crippen LogP contribution in [0.1, 0.15) is 123 Å². The van der Waals surface area contributed by atoms with Crippen molar-refractivity contribution in [3.8, 4) is 0 Å². The van der Waals surface area contributed by atoms with Crippen molar-refractivity contribution < 1.29 is 9.53 Å². The van der Waals surface area contributed by atoms with Gasteiger partial charge in [-0.3, -0.25) is 4.79 Å². The van der Waals surface area contributed by atoms with Crippen molar-refractivity contribution in [3.63, 3.8) is 0 Å². The third kappa shape index (κ3) is 10.4. The van der Waals surface area contributed by atoms with Gasteiger partial charge in [-0.15, -0.1) is 0 Å². The molecule has 0 radical (unpaired) electrons. The molecule has 2 nitrogen and oxygen atoms in total. The Kier molecular flexibility index (Phi) is 13.3. The van der Waals surface area contributed by atoms with E-state index in [0.717, 1.165) is 25.7 Å². The minimum absolute atomic E-state index is 0.0913. The molecule has 0 aliphatic heterocycles. The molecule has 24 heavy (non-hydrogen) atoms. The van der Waals surface area contributed by atoms with Gasteiger partial charge in [-0.25, -0.2) is 0 Å². The Hall–Kier alpha value is -0.530. The van der Waals surface area contributed by atoms with E-state index in [2.05, 4.69) is 13.8 Å². The van der Waals surface area contributed by atoms with E-state index >= 15 is 0 Å². The van der Waals surface area contributed by atoms with Gasteiger partial charge in [0.25, 0.3) is 0 Å². The normalized spacial score (nSPS) is 16.9. The molecule has 0 N–H and O–H groups in total. The van der Waals surface area contributed by atoms with Crippen LogP contribution in [-0.2, 0) is 9.53 Å². The summed E-state index contributed by atoms with van der Waals surface area (Å²) in [7, 11) is 0. The molecule has 0 aromatic carbocycles. The molecule has 0 saturated heterocycles. The fourth-order valence-corrected chi connectivity index (χ4v) is 3.80. The van der Waals surface area contributed by atoms with Crippen molar-refractivity contribution in [2.75, 3.05) is 0 Å². The van der Waals surface area contributed by atoms with Gasteiger partial charge in [0.2, 0.25) is 0 Å². The van der Waals surface area contributed by atoms with Gasteiger partial charge >= 0.3 is 5.97 Å². The fourth-order valence-electron chi connectivity index (χ4n) is 3.80. The fraction of sp³-hybridized carbons (Fsp3) is 0.955. The van der Waals surface area contributed by atoms with Crippen molar-refractivity contribution in [2.45, 2.75) is 129 Å². The van der Waals surface area contributed by atoms with Crippen LogP contribution in [0, 0.1) is 5.92 Å². The maximum atomic E-state index is 12.2. The summed E-state index contributed by atoms with van der Waals surface area (Å²) < 4.78 is 5.78. The molecule has 1 saturated carbocycles. The number of carbonyl (C=O) groups is 1. The lowest BCUT2D eigenvalue weighted by atomic mass is 9.89. The highest BCUT2D eigenvalue weighted by atomic mass is 16.5. The standard InChI is InChI=1S/C22H42O2/c1-3-5-6-7-8-9-10-11-12-16-19-21(4-2)24-22(23)20-17-14-13-15-18-20/h20-21H,3-19H2,1-2H3. The zero-order valence-electron chi connectivity index (χ0n) is 16.5. The highest BCUT2D eigenvalue weighted by molar-refractivity contribution is 5.72. The van der Waals surface area contributed by atoms with Crippen molar-refractivity contribution in [1.29, 1.82) is 0 Å². The molecule has 0 bridgehead atoms. The van der Waals surface area contributed by atoms with E-state index in [0.29, 0.717) is 0 Å². The number of ether oxygens (including phenoxy) is 1. The largest absolute Gasteiger partial charge is 0.462 e. The van der Waals surface area contributed by atoms with Crippen LogP contribution in [0.4, 0.5) is 0 Å². The second kappa shape index (κ2) is 14.8. The molecule has 2 heteroatoms. The number of hydrogen-bond acceptors (Lipinski definition) is 2. The van der Waals surface area contributed by atoms with E-state index < -0.39 is 0 Å². The van der Waals surface area contributed by atoms with E-state index in [1.807, 2.05) is 0 Å². The Morgan fingerprint density at radius 3 is 1.92 bits per heavy atom. The molecule has 0 spiro atoms. The zero-order valence-corrected chi connectivity index (χ0v) is 16.5. The summed E-state index contributed by atoms with van der Waals surface area (Å²) >= 11 is 0. The van der Waals surface area contributed by atoms with E-state index in [1.165, 1.54) is 83.5 Å². The second-order valence-electron chi connectivity index (χ2n) is 7.77. The summed E-state index contributed by atoms with van der Waals surface area (Å²) in [5.74, 6) is 0.286. The summed E-state index contributed by atoms with van der Waals surface area (Å²) in [4.78, 5) is 12.2. The molecule has 1 aliphatic carbocycles. The first kappa shape index (κ1) is 21.5. The predicted octanol–water partition coefficient (Wildman–Crippen LogP) is 7.20. The maximum absolute atomic E-state index is 12.2. The van der Waals surface area contributed by atoms with Crippen LogP contribution >= 0.6 is 0 Å². The Balaban J connectivity index is 1.98. The van der Waals surface area contributed by atoms with Gasteiger partial charge in [0.15, 0.2) is 0 Å². The van der Waals surface area contributed by atoms with Crippen LogP contribution in [0.3, 0.4) is 0 Å². The van der Waals surface area contributed by atoms with Crippen LogP contribution < -0.4 is 0 Å². The van der Waals surface area contributed by atoms with Gasteiger partial charge in [0.05, 0.1) is 5.92 Å². The smallest absolute Gasteiger partial charge is 0.309 e. The maximum Gasteiger partial charge on any atom is 0.309 e. The summed E-state index contributed by atoms with van der Waals surface area (Å²) in [5.41, 5.74) is 0. The predicted molar refractivity (Wildman–Crippen MR) is 103 cm³/mol. The minimum atomic E-state index is 0.0913. The van der Waals surface area contributed by atoms with E-state index in [-0.39, 0.29) is 18.0 Å². The number of esters is 1. The Labute approximate surface area is 151 Å². The van der Waals surface area contributed by atoms with E-state index in [9.17, 15) is 4.79 Å². The highest BCUT2D eigenvalue weighted by Gasteiger charge is 2.24. The third-order valence-corrected chi connectivity index (χ3v) is 5.56. The molecule has 0 aromatic rings. The Bertz CT molecular complexity index is 294. The van der Waals surface area contributed by atoms with E-state index in [4.69, 9.17) is 4.74 Å². The van der Waals surface area contributed by atoms with Gasteiger partial charge in [0.1, 0.15) is 6.10 Å². The first-order valence-electron chi connectivity index (χ1n) is 11.0. The van der Waals surface area contributed by atoms with Crippen LogP contribution in [0.2, 0.25) is 0 Å². The molecule has 142 valence electrons. The molecule has 1 rings (SSSR count). The van der Waals surface area contributed by atoms with Crippen LogP contribution in [0.5, 0.6) is 0 Å². The van der Waals surface area contributed by atoms with Crippen LogP contribution in [0.25, 0.3) is 0 Å². The molecule has 0 aromatic heterocycles. The first-order valence-corrected chi connectivity index (χ1v) is 11.0. The molecule has 1 atom stereocenters. The second-order valence-corrected chi connectivity index (χ2v) is 7.77. The molecule has 1 fully saturated rings. The first-order chi connectivity index (χ1) is 11.8. The number of carbonyl (C=O) groups excluding carboxylic acids is 1. The van der Waals surface area contributed by atoms with E-state index in [1.54, 1.807) is 0 Å².